The lowest BCUT2D eigenvalue weighted by atomic mass is 10.2. The number of hydrogen-bond acceptors (Lipinski definition) is 2. The maximum absolute atomic E-state index is 12.8. The highest BCUT2D eigenvalue weighted by atomic mass is 35.5. The van der Waals surface area contributed by atoms with E-state index in [-0.39, 0.29) is 10.9 Å². The first-order valence-electron chi connectivity index (χ1n) is 5.41. The molecule has 0 radical (unpaired) electrons. The van der Waals surface area contributed by atoms with Crippen molar-refractivity contribution in [1.29, 1.82) is 0 Å². The summed E-state index contributed by atoms with van der Waals surface area (Å²) in [6.07, 6.45) is 0.772. The minimum atomic E-state index is -0.449. The van der Waals surface area contributed by atoms with Crippen LogP contribution >= 0.6 is 22.9 Å². The SMILES string of the molecule is O=C(NCCc1ccsc1)c1ccc(F)cc1Cl. The van der Waals surface area contributed by atoms with E-state index < -0.39 is 5.82 Å². The normalized spacial score (nSPS) is 10.3. The fourth-order valence-electron chi connectivity index (χ4n) is 1.52. The van der Waals surface area contributed by atoms with Gasteiger partial charge in [0.1, 0.15) is 5.82 Å². The van der Waals surface area contributed by atoms with Gasteiger partial charge in [0, 0.05) is 6.54 Å². The van der Waals surface area contributed by atoms with Gasteiger partial charge in [0.25, 0.3) is 5.91 Å². The van der Waals surface area contributed by atoms with Gasteiger partial charge in [0.2, 0.25) is 0 Å². The van der Waals surface area contributed by atoms with Crippen LogP contribution in [-0.2, 0) is 6.42 Å². The summed E-state index contributed by atoms with van der Waals surface area (Å²) in [5.74, 6) is -0.731. The van der Waals surface area contributed by atoms with Gasteiger partial charge in [-0.1, -0.05) is 11.6 Å². The van der Waals surface area contributed by atoms with Crippen LogP contribution in [0, 0.1) is 5.82 Å². The van der Waals surface area contributed by atoms with E-state index in [0.717, 1.165) is 12.5 Å². The number of amides is 1. The van der Waals surface area contributed by atoms with Gasteiger partial charge in [-0.3, -0.25) is 4.79 Å². The number of halogens is 2. The smallest absolute Gasteiger partial charge is 0.252 e. The zero-order chi connectivity index (χ0) is 13.0. The van der Waals surface area contributed by atoms with E-state index in [0.29, 0.717) is 12.1 Å². The van der Waals surface area contributed by atoms with Crippen LogP contribution in [0.1, 0.15) is 15.9 Å². The van der Waals surface area contributed by atoms with E-state index in [1.54, 1.807) is 11.3 Å². The molecule has 0 spiro atoms. The third-order valence-corrected chi connectivity index (χ3v) is 3.50. The predicted octanol–water partition coefficient (Wildman–Crippen LogP) is 3.51. The number of rotatable bonds is 4. The minimum absolute atomic E-state index is 0.128. The van der Waals surface area contributed by atoms with Gasteiger partial charge in [0.15, 0.2) is 0 Å². The standard InChI is InChI=1S/C13H11ClFNOS/c14-12-7-10(15)1-2-11(12)13(17)16-5-3-9-4-6-18-8-9/h1-2,4,6-8H,3,5H2,(H,16,17). The molecule has 0 aliphatic heterocycles. The molecular weight excluding hydrogens is 273 g/mol. The number of carbonyl (C=O) groups is 1. The molecule has 2 aromatic rings. The Bertz CT molecular complexity index is 542. The van der Waals surface area contributed by atoms with Crippen LogP contribution < -0.4 is 5.32 Å². The molecule has 0 saturated carbocycles. The molecule has 1 heterocycles. The van der Waals surface area contributed by atoms with Crippen molar-refractivity contribution in [3.05, 3.63) is 57.0 Å². The third-order valence-electron chi connectivity index (χ3n) is 2.46. The Labute approximate surface area is 113 Å². The summed E-state index contributed by atoms with van der Waals surface area (Å²) in [5, 5.41) is 6.92. The largest absolute Gasteiger partial charge is 0.352 e. The molecule has 2 rings (SSSR count). The zero-order valence-electron chi connectivity index (χ0n) is 9.45. The summed E-state index contributed by atoms with van der Waals surface area (Å²) in [6, 6.07) is 5.76. The third kappa shape index (κ3) is 3.31. The molecular formula is C13H11ClFNOS. The van der Waals surface area contributed by atoms with E-state index in [9.17, 15) is 9.18 Å². The Balaban J connectivity index is 1.91. The average Bonchev–Trinajstić information content (AvgIpc) is 2.81. The number of nitrogens with one attached hydrogen (secondary N) is 1. The molecule has 0 aliphatic rings. The summed E-state index contributed by atoms with van der Waals surface area (Å²) in [5.41, 5.74) is 1.48. The first-order valence-corrected chi connectivity index (χ1v) is 6.73. The van der Waals surface area contributed by atoms with Gasteiger partial charge in [-0.25, -0.2) is 4.39 Å². The lowest BCUT2D eigenvalue weighted by Gasteiger charge is -2.06. The molecule has 0 aliphatic carbocycles. The molecule has 0 bridgehead atoms. The van der Waals surface area contributed by atoms with Crippen molar-refractivity contribution in [2.24, 2.45) is 0 Å². The van der Waals surface area contributed by atoms with Crippen molar-refractivity contribution in [3.8, 4) is 0 Å². The Morgan fingerprint density at radius 1 is 1.39 bits per heavy atom. The van der Waals surface area contributed by atoms with Crippen LogP contribution in [0.3, 0.4) is 0 Å². The molecule has 94 valence electrons. The van der Waals surface area contributed by atoms with Crippen molar-refractivity contribution in [3.63, 3.8) is 0 Å². The minimum Gasteiger partial charge on any atom is -0.352 e. The first kappa shape index (κ1) is 13.1. The van der Waals surface area contributed by atoms with E-state index in [2.05, 4.69) is 5.32 Å². The molecule has 2 nitrogen and oxygen atoms in total. The second-order valence-electron chi connectivity index (χ2n) is 3.76. The van der Waals surface area contributed by atoms with Crippen LogP contribution in [0.15, 0.2) is 35.0 Å². The van der Waals surface area contributed by atoms with Crippen molar-refractivity contribution in [1.82, 2.24) is 5.32 Å². The second-order valence-corrected chi connectivity index (χ2v) is 4.95. The van der Waals surface area contributed by atoms with Crippen LogP contribution in [0.2, 0.25) is 5.02 Å². The van der Waals surface area contributed by atoms with Gasteiger partial charge in [-0.2, -0.15) is 11.3 Å². The molecule has 1 N–H and O–H groups in total. The lowest BCUT2D eigenvalue weighted by molar-refractivity contribution is 0.0954. The quantitative estimate of drug-likeness (QED) is 0.914. The predicted molar refractivity (Wildman–Crippen MR) is 71.8 cm³/mol. The van der Waals surface area contributed by atoms with E-state index >= 15 is 0 Å². The van der Waals surface area contributed by atoms with Gasteiger partial charge < -0.3 is 5.32 Å². The number of benzene rings is 1. The van der Waals surface area contributed by atoms with E-state index in [1.807, 2.05) is 16.8 Å². The number of thiophene rings is 1. The molecule has 0 atom stereocenters. The first-order chi connectivity index (χ1) is 8.66. The van der Waals surface area contributed by atoms with Gasteiger partial charge in [-0.05, 0) is 47.0 Å². The van der Waals surface area contributed by atoms with Crippen molar-refractivity contribution in [2.45, 2.75) is 6.42 Å². The fourth-order valence-corrected chi connectivity index (χ4v) is 2.48. The molecule has 0 fully saturated rings. The average molecular weight is 284 g/mol. The highest BCUT2D eigenvalue weighted by Crippen LogP contribution is 2.17. The van der Waals surface area contributed by atoms with Crippen molar-refractivity contribution < 1.29 is 9.18 Å². The molecule has 1 aromatic carbocycles. The second kappa shape index (κ2) is 5.98. The summed E-state index contributed by atoms with van der Waals surface area (Å²) >= 11 is 7.43. The Hall–Kier alpha value is -1.39. The molecule has 0 unspecified atom stereocenters. The van der Waals surface area contributed by atoms with E-state index in [1.165, 1.54) is 17.7 Å². The lowest BCUT2D eigenvalue weighted by Crippen LogP contribution is -2.25. The summed E-state index contributed by atoms with van der Waals surface area (Å²) in [7, 11) is 0. The van der Waals surface area contributed by atoms with Crippen LogP contribution in [-0.4, -0.2) is 12.5 Å². The molecule has 1 aromatic heterocycles. The number of hydrogen-bond donors (Lipinski definition) is 1. The monoisotopic (exact) mass is 283 g/mol. The Morgan fingerprint density at radius 3 is 2.89 bits per heavy atom. The Morgan fingerprint density at radius 2 is 2.22 bits per heavy atom. The maximum atomic E-state index is 12.8. The highest BCUT2D eigenvalue weighted by molar-refractivity contribution is 7.07. The van der Waals surface area contributed by atoms with Crippen molar-refractivity contribution in [2.75, 3.05) is 6.54 Å². The summed E-state index contributed by atoms with van der Waals surface area (Å²) in [6.45, 7) is 0.531. The van der Waals surface area contributed by atoms with Crippen LogP contribution in [0.5, 0.6) is 0 Å². The molecule has 18 heavy (non-hydrogen) atoms. The summed E-state index contributed by atoms with van der Waals surface area (Å²) < 4.78 is 12.8. The van der Waals surface area contributed by atoms with Gasteiger partial charge in [-0.15, -0.1) is 0 Å². The number of carbonyl (C=O) groups excluding carboxylic acids is 1. The molecule has 1 amide bonds. The highest BCUT2D eigenvalue weighted by Gasteiger charge is 2.10. The fraction of sp³-hybridized carbons (Fsp3) is 0.154. The van der Waals surface area contributed by atoms with Crippen molar-refractivity contribution >= 4 is 28.8 Å². The topological polar surface area (TPSA) is 29.1 Å². The maximum Gasteiger partial charge on any atom is 0.252 e. The molecule has 5 heteroatoms. The van der Waals surface area contributed by atoms with Gasteiger partial charge in [0.05, 0.1) is 10.6 Å². The zero-order valence-corrected chi connectivity index (χ0v) is 11.0. The molecule has 0 saturated heterocycles. The van der Waals surface area contributed by atoms with Crippen LogP contribution in [0.4, 0.5) is 4.39 Å². The van der Waals surface area contributed by atoms with Crippen LogP contribution in [0.25, 0.3) is 0 Å². The summed E-state index contributed by atoms with van der Waals surface area (Å²) in [4.78, 5) is 11.8. The van der Waals surface area contributed by atoms with Gasteiger partial charge >= 0.3 is 0 Å². The van der Waals surface area contributed by atoms with E-state index in [4.69, 9.17) is 11.6 Å². The Kier molecular flexibility index (Phi) is 4.33.